The molecule has 2 aromatic carbocycles. The minimum absolute atomic E-state index is 0.00297. The fourth-order valence-electron chi connectivity index (χ4n) is 3.32. The van der Waals surface area contributed by atoms with Crippen molar-refractivity contribution < 1.29 is 46.4 Å². The highest BCUT2D eigenvalue weighted by atomic mass is 19.4. The second-order valence-corrected chi connectivity index (χ2v) is 8.40. The molecular weight excluding hydrogens is 519 g/mol. The van der Waals surface area contributed by atoms with Gasteiger partial charge in [-0.05, 0) is 36.8 Å². The van der Waals surface area contributed by atoms with Crippen LogP contribution in [-0.2, 0) is 34.7 Å². The Balaban J connectivity index is 1.55. The van der Waals surface area contributed by atoms with E-state index >= 15 is 0 Å². The predicted octanol–water partition coefficient (Wildman–Crippen LogP) is 5.78. The van der Waals surface area contributed by atoms with E-state index < -0.39 is 17.7 Å². The van der Waals surface area contributed by atoms with Crippen LogP contribution in [0, 0.1) is 0 Å². The maximum Gasteiger partial charge on any atom is 0.416 e. The van der Waals surface area contributed by atoms with Gasteiger partial charge >= 0.3 is 18.1 Å². The number of unbranched alkanes of at least 4 members (excludes halogenated alkanes) is 2. The van der Waals surface area contributed by atoms with Crippen molar-refractivity contribution in [3.05, 3.63) is 59.7 Å². The molecule has 8 nitrogen and oxygen atoms in total. The first-order valence-electron chi connectivity index (χ1n) is 12.9. The van der Waals surface area contributed by atoms with Crippen molar-refractivity contribution >= 4 is 23.3 Å². The highest BCUT2D eigenvalue weighted by Gasteiger charge is 2.30. The number of hydrogen-bond donors (Lipinski definition) is 1. The van der Waals surface area contributed by atoms with Gasteiger partial charge in [-0.1, -0.05) is 38.0 Å². The first-order valence-corrected chi connectivity index (χ1v) is 12.9. The van der Waals surface area contributed by atoms with Gasteiger partial charge < -0.3 is 29.0 Å². The normalized spacial score (nSPS) is 11.3. The summed E-state index contributed by atoms with van der Waals surface area (Å²) >= 11 is 0. The number of esters is 2. The van der Waals surface area contributed by atoms with E-state index in [0.29, 0.717) is 45.1 Å². The van der Waals surface area contributed by atoms with E-state index in [-0.39, 0.29) is 37.0 Å². The average molecular weight is 556 g/mol. The molecular formula is C28H36F3NO7. The summed E-state index contributed by atoms with van der Waals surface area (Å²) in [7, 11) is 0. The molecule has 0 amide bonds. The van der Waals surface area contributed by atoms with Crippen LogP contribution in [0.25, 0.3) is 0 Å². The molecule has 0 aliphatic heterocycles. The Morgan fingerprint density at radius 1 is 0.769 bits per heavy atom. The maximum atomic E-state index is 13.0. The Bertz CT molecular complexity index is 1000. The Morgan fingerprint density at radius 3 is 2.03 bits per heavy atom. The zero-order valence-corrected chi connectivity index (χ0v) is 22.1. The van der Waals surface area contributed by atoms with Gasteiger partial charge in [0.25, 0.3) is 0 Å². The number of alkyl halides is 3. The lowest BCUT2D eigenvalue weighted by Crippen LogP contribution is -2.15. The Hall–Kier alpha value is -3.15. The molecule has 0 radical (unpaired) electrons. The monoisotopic (exact) mass is 555 g/mol. The van der Waals surface area contributed by atoms with E-state index in [0.717, 1.165) is 31.4 Å². The van der Waals surface area contributed by atoms with E-state index in [1.165, 1.54) is 18.2 Å². The Labute approximate surface area is 226 Å². The summed E-state index contributed by atoms with van der Waals surface area (Å²) < 4.78 is 65.3. The molecule has 39 heavy (non-hydrogen) atoms. The van der Waals surface area contributed by atoms with E-state index in [4.69, 9.17) is 23.7 Å². The van der Waals surface area contributed by atoms with E-state index in [9.17, 15) is 22.8 Å². The van der Waals surface area contributed by atoms with Gasteiger partial charge in [-0.15, -0.1) is 0 Å². The molecule has 0 heterocycles. The third-order valence-corrected chi connectivity index (χ3v) is 5.30. The summed E-state index contributed by atoms with van der Waals surface area (Å²) in [4.78, 5) is 23.9. The molecule has 2 rings (SSSR count). The largest absolute Gasteiger partial charge is 0.463 e. The molecule has 0 saturated carbocycles. The van der Waals surface area contributed by atoms with Crippen LogP contribution in [0.15, 0.2) is 48.5 Å². The molecule has 0 saturated heterocycles. The summed E-state index contributed by atoms with van der Waals surface area (Å²) in [6.45, 7) is 4.09. The predicted molar refractivity (Wildman–Crippen MR) is 139 cm³/mol. The number of benzene rings is 2. The van der Waals surface area contributed by atoms with Gasteiger partial charge in [-0.25, -0.2) is 4.79 Å². The zero-order valence-electron chi connectivity index (χ0n) is 22.1. The summed E-state index contributed by atoms with van der Waals surface area (Å²) in [5, 5.41) is 2.85. The average Bonchev–Trinajstić information content (AvgIpc) is 2.91. The van der Waals surface area contributed by atoms with Crippen LogP contribution in [0.1, 0.15) is 48.5 Å². The van der Waals surface area contributed by atoms with Gasteiger partial charge in [0.15, 0.2) is 0 Å². The first-order chi connectivity index (χ1) is 18.8. The Morgan fingerprint density at radius 2 is 1.38 bits per heavy atom. The highest BCUT2D eigenvalue weighted by molar-refractivity contribution is 5.96. The smallest absolute Gasteiger partial charge is 0.416 e. The van der Waals surface area contributed by atoms with Gasteiger partial charge in [0.2, 0.25) is 0 Å². The zero-order chi connectivity index (χ0) is 28.3. The number of nitrogens with one attached hydrogen (secondary N) is 1. The van der Waals surface area contributed by atoms with Crippen LogP contribution < -0.4 is 5.32 Å². The first kappa shape index (κ1) is 32.1. The minimum atomic E-state index is -4.47. The van der Waals surface area contributed by atoms with Gasteiger partial charge in [0, 0.05) is 12.1 Å². The molecule has 0 aliphatic carbocycles. The maximum absolute atomic E-state index is 13.0. The van der Waals surface area contributed by atoms with Crippen LogP contribution in [0.4, 0.5) is 24.5 Å². The standard InChI is InChI=1S/C28H36F3NO7/c1-2-3-4-12-26(33)38-19-17-36-15-13-35-14-16-37-18-20-39-27(34)24-10-5-6-11-25(24)32-23-9-7-8-22(21-23)28(29,30)31/h5-11,21,32H,2-4,12-20H2,1H3. The molecule has 1 N–H and O–H groups in total. The SMILES string of the molecule is CCCCCC(=O)OCCOCCOCCOCCOC(=O)c1ccccc1Nc1cccc(C(F)(F)F)c1. The van der Waals surface area contributed by atoms with Crippen LogP contribution in [0.5, 0.6) is 0 Å². The van der Waals surface area contributed by atoms with Crippen molar-refractivity contribution in [2.45, 2.75) is 38.8 Å². The molecule has 0 spiro atoms. The molecule has 0 fully saturated rings. The molecule has 2 aromatic rings. The molecule has 11 heteroatoms. The number of para-hydroxylation sites is 1. The molecule has 0 atom stereocenters. The van der Waals surface area contributed by atoms with E-state index in [1.54, 1.807) is 18.2 Å². The summed E-state index contributed by atoms with van der Waals surface area (Å²) in [5.74, 6) is -0.837. The van der Waals surface area contributed by atoms with Crippen LogP contribution >= 0.6 is 0 Å². The molecule has 0 unspecified atom stereocenters. The molecule has 0 aliphatic rings. The van der Waals surface area contributed by atoms with Crippen LogP contribution in [0.2, 0.25) is 0 Å². The Kier molecular flexibility index (Phi) is 15.0. The number of halogens is 3. The van der Waals surface area contributed by atoms with Crippen molar-refractivity contribution in [2.75, 3.05) is 58.2 Å². The van der Waals surface area contributed by atoms with Gasteiger partial charge in [0.05, 0.1) is 56.5 Å². The quantitative estimate of drug-likeness (QED) is 0.172. The van der Waals surface area contributed by atoms with Crippen molar-refractivity contribution in [3.8, 4) is 0 Å². The second kappa shape index (κ2) is 18.2. The number of carbonyl (C=O) groups excluding carboxylic acids is 2. The third kappa shape index (κ3) is 13.5. The summed E-state index contributed by atoms with van der Waals surface area (Å²) in [6, 6.07) is 11.1. The van der Waals surface area contributed by atoms with E-state index in [1.807, 2.05) is 0 Å². The number of hydrogen-bond acceptors (Lipinski definition) is 8. The topological polar surface area (TPSA) is 92.3 Å². The number of ether oxygens (including phenoxy) is 5. The van der Waals surface area contributed by atoms with Crippen LogP contribution in [-0.4, -0.2) is 64.8 Å². The third-order valence-electron chi connectivity index (χ3n) is 5.30. The highest BCUT2D eigenvalue weighted by Crippen LogP contribution is 2.32. The van der Waals surface area contributed by atoms with Crippen LogP contribution in [0.3, 0.4) is 0 Å². The summed E-state index contributed by atoms with van der Waals surface area (Å²) in [5.41, 5.74) is -0.0925. The van der Waals surface area contributed by atoms with Gasteiger partial charge in [-0.2, -0.15) is 13.2 Å². The molecule has 0 bridgehead atoms. The van der Waals surface area contributed by atoms with E-state index in [2.05, 4.69) is 12.2 Å². The molecule has 0 aromatic heterocycles. The van der Waals surface area contributed by atoms with Gasteiger partial charge in [0.1, 0.15) is 13.2 Å². The number of anilines is 2. The minimum Gasteiger partial charge on any atom is -0.463 e. The van der Waals surface area contributed by atoms with Crippen molar-refractivity contribution in [3.63, 3.8) is 0 Å². The lowest BCUT2D eigenvalue weighted by Gasteiger charge is -2.13. The fraction of sp³-hybridized carbons (Fsp3) is 0.500. The van der Waals surface area contributed by atoms with Crippen molar-refractivity contribution in [1.82, 2.24) is 0 Å². The summed E-state index contributed by atoms with van der Waals surface area (Å²) in [6.07, 6.45) is -1.13. The lowest BCUT2D eigenvalue weighted by molar-refractivity contribution is -0.145. The second-order valence-electron chi connectivity index (χ2n) is 8.40. The lowest BCUT2D eigenvalue weighted by atomic mass is 10.1. The molecule has 216 valence electrons. The fourth-order valence-corrected chi connectivity index (χ4v) is 3.32. The number of rotatable bonds is 19. The van der Waals surface area contributed by atoms with Crippen molar-refractivity contribution in [1.29, 1.82) is 0 Å². The number of carbonyl (C=O) groups is 2. The van der Waals surface area contributed by atoms with Crippen molar-refractivity contribution in [2.24, 2.45) is 0 Å². The van der Waals surface area contributed by atoms with Gasteiger partial charge in [-0.3, -0.25) is 4.79 Å².